The van der Waals surface area contributed by atoms with Gasteiger partial charge in [0, 0.05) is 18.7 Å². The van der Waals surface area contributed by atoms with E-state index >= 15 is 0 Å². The van der Waals surface area contributed by atoms with Gasteiger partial charge in [0.2, 0.25) is 0 Å². The van der Waals surface area contributed by atoms with Gasteiger partial charge < -0.3 is 14.5 Å². The molecule has 0 saturated heterocycles. The number of rotatable bonds is 6. The summed E-state index contributed by atoms with van der Waals surface area (Å²) >= 11 is 0. The second-order valence-corrected chi connectivity index (χ2v) is 3.71. The monoisotopic (exact) mass is 253 g/mol. The molecule has 2 rings (SSSR count). The van der Waals surface area contributed by atoms with E-state index in [1.54, 1.807) is 12.5 Å². The van der Waals surface area contributed by atoms with Gasteiger partial charge in [-0.05, 0) is 18.2 Å². The Morgan fingerprint density at radius 1 is 1.17 bits per heavy atom. The summed E-state index contributed by atoms with van der Waals surface area (Å²) in [6, 6.07) is 5.47. The zero-order valence-electron chi connectivity index (χ0n) is 9.66. The van der Waals surface area contributed by atoms with Crippen LogP contribution >= 0.6 is 0 Å². The highest BCUT2D eigenvalue weighted by Crippen LogP contribution is 2.20. The van der Waals surface area contributed by atoms with Gasteiger partial charge in [-0.2, -0.15) is 0 Å². The molecule has 0 aliphatic heterocycles. The Balaban J connectivity index is 1.72. The fourth-order valence-electron chi connectivity index (χ4n) is 1.47. The standard InChI is InChI=1S/C13H13F2NO2/c14-11-2-1-3-12(15)13(11)18-7-5-16-8-10-4-6-17-9-10/h1-4,6,9,16H,5,7-8H2. The molecule has 0 aliphatic carbocycles. The molecule has 0 atom stereocenters. The van der Waals surface area contributed by atoms with Crippen molar-refractivity contribution < 1.29 is 17.9 Å². The van der Waals surface area contributed by atoms with E-state index < -0.39 is 11.6 Å². The molecule has 0 fully saturated rings. The van der Waals surface area contributed by atoms with E-state index in [1.807, 2.05) is 6.07 Å². The van der Waals surface area contributed by atoms with Crippen molar-refractivity contribution >= 4 is 0 Å². The van der Waals surface area contributed by atoms with Crippen molar-refractivity contribution in [1.29, 1.82) is 0 Å². The largest absolute Gasteiger partial charge is 0.486 e. The molecule has 5 heteroatoms. The van der Waals surface area contributed by atoms with Gasteiger partial charge >= 0.3 is 0 Å². The highest BCUT2D eigenvalue weighted by atomic mass is 19.1. The lowest BCUT2D eigenvalue weighted by atomic mass is 10.3. The minimum absolute atomic E-state index is 0.190. The molecule has 0 bridgehead atoms. The highest BCUT2D eigenvalue weighted by Gasteiger charge is 2.08. The van der Waals surface area contributed by atoms with Crippen molar-refractivity contribution in [1.82, 2.24) is 5.32 Å². The first-order valence-electron chi connectivity index (χ1n) is 5.56. The number of benzene rings is 1. The zero-order valence-corrected chi connectivity index (χ0v) is 9.66. The fourth-order valence-corrected chi connectivity index (χ4v) is 1.47. The first kappa shape index (κ1) is 12.6. The number of para-hydroxylation sites is 1. The van der Waals surface area contributed by atoms with E-state index in [9.17, 15) is 8.78 Å². The molecule has 0 amide bonds. The Hall–Kier alpha value is -1.88. The lowest BCUT2D eigenvalue weighted by Crippen LogP contribution is -2.20. The summed E-state index contributed by atoms with van der Waals surface area (Å²) in [6.45, 7) is 1.30. The minimum Gasteiger partial charge on any atom is -0.486 e. The summed E-state index contributed by atoms with van der Waals surface area (Å²) in [4.78, 5) is 0. The SMILES string of the molecule is Fc1cccc(F)c1OCCNCc1ccoc1. The molecule has 2 aromatic rings. The van der Waals surface area contributed by atoms with E-state index in [-0.39, 0.29) is 12.4 Å². The van der Waals surface area contributed by atoms with Gasteiger partial charge in [0.05, 0.1) is 12.5 Å². The van der Waals surface area contributed by atoms with Crippen LogP contribution in [0.4, 0.5) is 8.78 Å². The average Bonchev–Trinajstić information content (AvgIpc) is 2.85. The first-order chi connectivity index (χ1) is 8.77. The van der Waals surface area contributed by atoms with Crippen molar-refractivity contribution in [3.8, 4) is 5.75 Å². The van der Waals surface area contributed by atoms with Crippen molar-refractivity contribution in [2.24, 2.45) is 0 Å². The Bertz CT molecular complexity index is 465. The summed E-state index contributed by atoms with van der Waals surface area (Å²) in [6.07, 6.45) is 3.21. The third-order valence-corrected chi connectivity index (χ3v) is 2.35. The molecule has 1 heterocycles. The summed E-state index contributed by atoms with van der Waals surface area (Å²) in [5, 5.41) is 3.07. The Labute approximate surface area is 103 Å². The molecular weight excluding hydrogens is 240 g/mol. The maximum absolute atomic E-state index is 13.2. The van der Waals surface area contributed by atoms with Crippen molar-refractivity contribution in [3.05, 3.63) is 54.0 Å². The normalized spacial score (nSPS) is 10.6. The summed E-state index contributed by atoms with van der Waals surface area (Å²) < 4.78 is 36.3. The Morgan fingerprint density at radius 2 is 1.94 bits per heavy atom. The van der Waals surface area contributed by atoms with Crippen LogP contribution in [-0.2, 0) is 6.54 Å². The van der Waals surface area contributed by atoms with Gasteiger partial charge in [-0.1, -0.05) is 6.07 Å². The molecule has 0 spiro atoms. The van der Waals surface area contributed by atoms with Gasteiger partial charge in [-0.15, -0.1) is 0 Å². The smallest absolute Gasteiger partial charge is 0.190 e. The number of furan rings is 1. The molecule has 3 nitrogen and oxygen atoms in total. The van der Waals surface area contributed by atoms with Crippen molar-refractivity contribution in [2.75, 3.05) is 13.2 Å². The van der Waals surface area contributed by atoms with Crippen LogP contribution in [0.1, 0.15) is 5.56 Å². The predicted octanol–water partition coefficient (Wildman–Crippen LogP) is 2.73. The molecule has 0 radical (unpaired) electrons. The van der Waals surface area contributed by atoms with Crippen LogP contribution in [0.25, 0.3) is 0 Å². The molecule has 96 valence electrons. The molecule has 0 aliphatic rings. The quantitative estimate of drug-likeness (QED) is 0.804. The zero-order chi connectivity index (χ0) is 12.8. The number of hydrogen-bond acceptors (Lipinski definition) is 3. The number of nitrogens with one attached hydrogen (secondary N) is 1. The van der Waals surface area contributed by atoms with Crippen molar-refractivity contribution in [3.63, 3.8) is 0 Å². The molecule has 1 aromatic heterocycles. The second-order valence-electron chi connectivity index (χ2n) is 3.71. The van der Waals surface area contributed by atoms with Crippen LogP contribution in [0.15, 0.2) is 41.2 Å². The Morgan fingerprint density at radius 3 is 2.61 bits per heavy atom. The van der Waals surface area contributed by atoms with Gasteiger partial charge in [0.25, 0.3) is 0 Å². The molecular formula is C13H13F2NO2. The molecule has 18 heavy (non-hydrogen) atoms. The topological polar surface area (TPSA) is 34.4 Å². The summed E-state index contributed by atoms with van der Waals surface area (Å²) in [7, 11) is 0. The fraction of sp³-hybridized carbons (Fsp3) is 0.231. The predicted molar refractivity (Wildman–Crippen MR) is 62.3 cm³/mol. The average molecular weight is 253 g/mol. The molecule has 1 N–H and O–H groups in total. The maximum atomic E-state index is 13.2. The second kappa shape index (κ2) is 6.16. The van der Waals surface area contributed by atoms with E-state index in [1.165, 1.54) is 6.07 Å². The summed E-state index contributed by atoms with van der Waals surface area (Å²) in [5.41, 5.74) is 1.01. The lowest BCUT2D eigenvalue weighted by Gasteiger charge is -2.08. The molecule has 1 aromatic carbocycles. The maximum Gasteiger partial charge on any atom is 0.190 e. The lowest BCUT2D eigenvalue weighted by molar-refractivity contribution is 0.282. The van der Waals surface area contributed by atoms with Crippen LogP contribution in [0, 0.1) is 11.6 Å². The summed E-state index contributed by atoms with van der Waals surface area (Å²) in [5.74, 6) is -1.71. The van der Waals surface area contributed by atoms with E-state index in [0.29, 0.717) is 13.1 Å². The Kier molecular flexibility index (Phi) is 4.30. The first-order valence-corrected chi connectivity index (χ1v) is 5.56. The van der Waals surface area contributed by atoms with E-state index in [4.69, 9.17) is 9.15 Å². The van der Waals surface area contributed by atoms with E-state index in [0.717, 1.165) is 17.7 Å². The third-order valence-electron chi connectivity index (χ3n) is 2.35. The van der Waals surface area contributed by atoms with E-state index in [2.05, 4.69) is 5.32 Å². The molecule has 0 unspecified atom stereocenters. The number of halogens is 2. The minimum atomic E-state index is -0.690. The van der Waals surface area contributed by atoms with Crippen molar-refractivity contribution in [2.45, 2.75) is 6.54 Å². The van der Waals surface area contributed by atoms with Gasteiger partial charge in [-0.25, -0.2) is 8.78 Å². The van der Waals surface area contributed by atoms with Gasteiger partial charge in [0.1, 0.15) is 6.61 Å². The van der Waals surface area contributed by atoms with Crippen LogP contribution in [0.3, 0.4) is 0 Å². The van der Waals surface area contributed by atoms with Crippen LogP contribution in [0.5, 0.6) is 5.75 Å². The van der Waals surface area contributed by atoms with Crippen LogP contribution < -0.4 is 10.1 Å². The van der Waals surface area contributed by atoms with Gasteiger partial charge in [0.15, 0.2) is 17.4 Å². The highest BCUT2D eigenvalue weighted by molar-refractivity contribution is 5.25. The third kappa shape index (κ3) is 3.30. The molecule has 0 saturated carbocycles. The number of hydrogen-bond donors (Lipinski definition) is 1. The van der Waals surface area contributed by atoms with Crippen LogP contribution in [0.2, 0.25) is 0 Å². The van der Waals surface area contributed by atoms with Crippen LogP contribution in [-0.4, -0.2) is 13.2 Å². The number of ether oxygens (including phenoxy) is 1. The van der Waals surface area contributed by atoms with Gasteiger partial charge in [-0.3, -0.25) is 0 Å².